The summed E-state index contributed by atoms with van der Waals surface area (Å²) in [5.41, 5.74) is 1.61. The van der Waals surface area contributed by atoms with Crippen LogP contribution in [0.15, 0.2) is 42.9 Å². The van der Waals surface area contributed by atoms with Gasteiger partial charge in [-0.15, -0.1) is 0 Å². The van der Waals surface area contributed by atoms with Crippen LogP contribution in [0.25, 0.3) is 0 Å². The topological polar surface area (TPSA) is 114 Å². The highest BCUT2D eigenvalue weighted by atomic mass is 35.5. The van der Waals surface area contributed by atoms with Crippen molar-refractivity contribution in [1.29, 1.82) is 0 Å². The molecule has 0 radical (unpaired) electrons. The summed E-state index contributed by atoms with van der Waals surface area (Å²) in [7, 11) is -1.63. The SMILES string of the molecule is Cn1cc(Nc2ncc(Cl)c(Nc3ccccc3NS(C)(=O)=O)n2)cn1. The van der Waals surface area contributed by atoms with E-state index in [9.17, 15) is 8.42 Å². The number of nitrogens with zero attached hydrogens (tertiary/aromatic N) is 4. The van der Waals surface area contributed by atoms with E-state index in [4.69, 9.17) is 11.6 Å². The first-order chi connectivity index (χ1) is 12.3. The van der Waals surface area contributed by atoms with Crippen LogP contribution < -0.4 is 15.4 Å². The number of aromatic nitrogens is 4. The van der Waals surface area contributed by atoms with Crippen molar-refractivity contribution in [2.45, 2.75) is 0 Å². The lowest BCUT2D eigenvalue weighted by Crippen LogP contribution is -2.11. The van der Waals surface area contributed by atoms with Crippen molar-refractivity contribution in [3.8, 4) is 0 Å². The lowest BCUT2D eigenvalue weighted by molar-refractivity contribution is 0.607. The number of sulfonamides is 1. The summed E-state index contributed by atoms with van der Waals surface area (Å²) in [6, 6.07) is 6.82. The maximum Gasteiger partial charge on any atom is 0.229 e. The van der Waals surface area contributed by atoms with E-state index < -0.39 is 10.0 Å². The molecule has 0 fully saturated rings. The van der Waals surface area contributed by atoms with Crippen LogP contribution in [0, 0.1) is 0 Å². The van der Waals surface area contributed by atoms with Gasteiger partial charge in [-0.2, -0.15) is 10.1 Å². The predicted molar refractivity (Wildman–Crippen MR) is 102 cm³/mol. The average molecular weight is 394 g/mol. The summed E-state index contributed by atoms with van der Waals surface area (Å²) in [5, 5.41) is 10.4. The van der Waals surface area contributed by atoms with E-state index >= 15 is 0 Å². The highest BCUT2D eigenvalue weighted by molar-refractivity contribution is 7.92. The zero-order valence-electron chi connectivity index (χ0n) is 13.9. The Morgan fingerprint density at radius 2 is 1.85 bits per heavy atom. The Bertz CT molecular complexity index is 1040. The molecule has 0 saturated carbocycles. The van der Waals surface area contributed by atoms with E-state index in [-0.39, 0.29) is 5.02 Å². The number of aryl methyl sites for hydroxylation is 1. The molecule has 2 aromatic heterocycles. The minimum Gasteiger partial charge on any atom is -0.337 e. The summed E-state index contributed by atoms with van der Waals surface area (Å²) >= 11 is 6.17. The molecule has 0 saturated heterocycles. The van der Waals surface area contributed by atoms with Gasteiger partial charge < -0.3 is 10.6 Å². The van der Waals surface area contributed by atoms with E-state index in [1.165, 1.54) is 6.20 Å². The molecule has 0 aliphatic heterocycles. The molecule has 11 heteroatoms. The average Bonchev–Trinajstić information content (AvgIpc) is 2.96. The van der Waals surface area contributed by atoms with Gasteiger partial charge in [0.15, 0.2) is 5.82 Å². The quantitative estimate of drug-likeness (QED) is 0.589. The first-order valence-corrected chi connectivity index (χ1v) is 9.69. The van der Waals surface area contributed by atoms with Crippen LogP contribution in [-0.4, -0.2) is 34.4 Å². The summed E-state index contributed by atoms with van der Waals surface area (Å²) in [6.07, 6.45) is 5.94. The molecule has 0 aliphatic rings. The van der Waals surface area contributed by atoms with Gasteiger partial charge in [0, 0.05) is 13.2 Å². The van der Waals surface area contributed by atoms with Crippen LogP contribution in [0.2, 0.25) is 5.02 Å². The number of halogens is 1. The van der Waals surface area contributed by atoms with Gasteiger partial charge in [-0.1, -0.05) is 23.7 Å². The molecule has 26 heavy (non-hydrogen) atoms. The van der Waals surface area contributed by atoms with Gasteiger partial charge in [0.2, 0.25) is 16.0 Å². The summed E-state index contributed by atoms with van der Waals surface area (Å²) in [4.78, 5) is 8.45. The summed E-state index contributed by atoms with van der Waals surface area (Å²) < 4.78 is 27.1. The third-order valence-electron chi connectivity index (χ3n) is 3.18. The van der Waals surface area contributed by atoms with Gasteiger partial charge in [0.05, 0.1) is 35.7 Å². The number of rotatable bonds is 6. The van der Waals surface area contributed by atoms with Gasteiger partial charge in [-0.3, -0.25) is 9.40 Å². The molecule has 0 aliphatic carbocycles. The first-order valence-electron chi connectivity index (χ1n) is 7.42. The molecule has 0 amide bonds. The lowest BCUT2D eigenvalue weighted by atomic mass is 10.2. The Morgan fingerprint density at radius 3 is 2.50 bits per heavy atom. The molecule has 136 valence electrons. The second kappa shape index (κ2) is 7.18. The molecule has 1 aromatic carbocycles. The van der Waals surface area contributed by atoms with E-state index in [2.05, 4.69) is 30.4 Å². The minimum absolute atomic E-state index is 0.288. The van der Waals surface area contributed by atoms with Gasteiger partial charge in [-0.25, -0.2) is 13.4 Å². The molecular formula is C15H16ClN7O2S. The maximum absolute atomic E-state index is 11.5. The molecule has 3 aromatic rings. The van der Waals surface area contributed by atoms with Crippen molar-refractivity contribution in [2.75, 3.05) is 21.6 Å². The maximum atomic E-state index is 11.5. The normalized spacial score (nSPS) is 11.2. The standard InChI is InChI=1S/C15H16ClN7O2S/c1-23-9-10(7-18-23)19-15-17-8-11(16)14(21-15)20-12-5-3-4-6-13(12)22-26(2,24)25/h3-9,22H,1-2H3,(H2,17,19,20,21). The molecule has 0 unspecified atom stereocenters. The van der Waals surface area contributed by atoms with Crippen LogP contribution in [0.1, 0.15) is 0 Å². The smallest absolute Gasteiger partial charge is 0.229 e. The Morgan fingerprint density at radius 1 is 1.12 bits per heavy atom. The van der Waals surface area contributed by atoms with Crippen molar-refractivity contribution in [2.24, 2.45) is 7.05 Å². The molecular weight excluding hydrogens is 378 g/mol. The Kier molecular flexibility index (Phi) is 4.96. The Balaban J connectivity index is 1.87. The minimum atomic E-state index is -3.43. The number of hydrogen-bond donors (Lipinski definition) is 3. The van der Waals surface area contributed by atoms with Crippen LogP contribution >= 0.6 is 11.6 Å². The zero-order valence-corrected chi connectivity index (χ0v) is 15.5. The van der Waals surface area contributed by atoms with Crippen molar-refractivity contribution in [1.82, 2.24) is 19.7 Å². The van der Waals surface area contributed by atoms with E-state index in [1.807, 2.05) is 0 Å². The van der Waals surface area contributed by atoms with Crippen molar-refractivity contribution in [3.05, 3.63) is 47.9 Å². The molecule has 0 bridgehead atoms. The first kappa shape index (κ1) is 18.0. The van der Waals surface area contributed by atoms with Gasteiger partial charge >= 0.3 is 0 Å². The Labute approximate surface area is 155 Å². The molecule has 9 nitrogen and oxygen atoms in total. The lowest BCUT2D eigenvalue weighted by Gasteiger charge is -2.13. The van der Waals surface area contributed by atoms with Crippen LogP contribution in [0.5, 0.6) is 0 Å². The number of nitrogens with one attached hydrogen (secondary N) is 3. The monoisotopic (exact) mass is 393 g/mol. The van der Waals surface area contributed by atoms with Crippen LogP contribution in [-0.2, 0) is 17.1 Å². The molecule has 3 N–H and O–H groups in total. The molecule has 2 heterocycles. The molecule has 0 atom stereocenters. The number of hydrogen-bond acceptors (Lipinski definition) is 7. The Hall–Kier alpha value is -2.85. The van der Waals surface area contributed by atoms with E-state index in [1.54, 1.807) is 48.4 Å². The highest BCUT2D eigenvalue weighted by Crippen LogP contribution is 2.29. The van der Waals surface area contributed by atoms with E-state index in [0.29, 0.717) is 23.1 Å². The third kappa shape index (κ3) is 4.61. The number of benzene rings is 1. The van der Waals surface area contributed by atoms with Crippen molar-refractivity contribution < 1.29 is 8.42 Å². The van der Waals surface area contributed by atoms with Gasteiger partial charge in [0.25, 0.3) is 0 Å². The number of anilines is 5. The largest absolute Gasteiger partial charge is 0.337 e. The van der Waals surface area contributed by atoms with Crippen molar-refractivity contribution in [3.63, 3.8) is 0 Å². The van der Waals surface area contributed by atoms with Crippen LogP contribution in [0.3, 0.4) is 0 Å². The molecule has 3 rings (SSSR count). The highest BCUT2D eigenvalue weighted by Gasteiger charge is 2.11. The zero-order chi connectivity index (χ0) is 18.7. The second-order valence-corrected chi connectivity index (χ2v) is 7.62. The van der Waals surface area contributed by atoms with Crippen LogP contribution in [0.4, 0.5) is 28.8 Å². The van der Waals surface area contributed by atoms with Gasteiger partial charge in [-0.05, 0) is 12.1 Å². The number of para-hydroxylation sites is 2. The fraction of sp³-hybridized carbons (Fsp3) is 0.133. The van der Waals surface area contributed by atoms with Crippen molar-refractivity contribution >= 4 is 50.5 Å². The third-order valence-corrected chi connectivity index (χ3v) is 4.05. The predicted octanol–water partition coefficient (Wildman–Crippen LogP) is 2.72. The van der Waals surface area contributed by atoms with E-state index in [0.717, 1.165) is 11.9 Å². The summed E-state index contributed by atoms with van der Waals surface area (Å²) in [6.45, 7) is 0. The second-order valence-electron chi connectivity index (χ2n) is 5.46. The summed E-state index contributed by atoms with van der Waals surface area (Å²) in [5.74, 6) is 0.647. The molecule has 0 spiro atoms. The fourth-order valence-electron chi connectivity index (χ4n) is 2.14. The van der Waals surface area contributed by atoms with Gasteiger partial charge in [0.1, 0.15) is 5.02 Å². The fourth-order valence-corrected chi connectivity index (χ4v) is 2.85.